The van der Waals surface area contributed by atoms with Crippen LogP contribution in [0.25, 0.3) is 0 Å². The van der Waals surface area contributed by atoms with Crippen molar-refractivity contribution in [2.75, 3.05) is 13.7 Å². The Bertz CT molecular complexity index is 388. The van der Waals surface area contributed by atoms with E-state index >= 15 is 0 Å². The van der Waals surface area contributed by atoms with Gasteiger partial charge in [-0.1, -0.05) is 6.07 Å². The lowest BCUT2D eigenvalue weighted by Gasteiger charge is -2.15. The molecule has 0 radical (unpaired) electrons. The van der Waals surface area contributed by atoms with Crippen LogP contribution in [0.3, 0.4) is 0 Å². The van der Waals surface area contributed by atoms with Gasteiger partial charge in [0, 0.05) is 12.0 Å². The van der Waals surface area contributed by atoms with Crippen molar-refractivity contribution in [2.24, 2.45) is 5.73 Å². The Morgan fingerprint density at radius 3 is 2.47 bits per heavy atom. The van der Waals surface area contributed by atoms with Crippen LogP contribution in [0.4, 0.5) is 8.78 Å². The lowest BCUT2D eigenvalue weighted by Crippen LogP contribution is -2.21. The summed E-state index contributed by atoms with van der Waals surface area (Å²) in [6.07, 6.45) is 1.65. The second-order valence-corrected chi connectivity index (χ2v) is 3.93. The lowest BCUT2D eigenvalue weighted by atomic mass is 9.95. The molecule has 0 amide bonds. The third kappa shape index (κ3) is 1.49. The first kappa shape index (κ1) is 10.4. The highest BCUT2D eigenvalue weighted by Gasteiger charge is 2.45. The Hall–Kier alpha value is -1.16. The van der Waals surface area contributed by atoms with Crippen LogP contribution in [-0.2, 0) is 5.41 Å². The number of ether oxygens (including phenoxy) is 1. The maximum absolute atomic E-state index is 13.7. The Labute approximate surface area is 87.0 Å². The highest BCUT2D eigenvalue weighted by atomic mass is 19.2. The van der Waals surface area contributed by atoms with Crippen LogP contribution in [0.15, 0.2) is 12.1 Å². The highest BCUT2D eigenvalue weighted by molar-refractivity contribution is 5.39. The first-order valence-electron chi connectivity index (χ1n) is 4.87. The summed E-state index contributed by atoms with van der Waals surface area (Å²) < 4.78 is 31.8. The van der Waals surface area contributed by atoms with E-state index in [1.165, 1.54) is 13.2 Å². The minimum atomic E-state index is -0.922. The third-order valence-corrected chi connectivity index (χ3v) is 3.08. The van der Waals surface area contributed by atoms with Crippen LogP contribution in [-0.4, -0.2) is 13.7 Å². The number of hydrogen-bond acceptors (Lipinski definition) is 2. The Morgan fingerprint density at radius 2 is 2.00 bits per heavy atom. The van der Waals surface area contributed by atoms with Gasteiger partial charge in [0.25, 0.3) is 0 Å². The van der Waals surface area contributed by atoms with E-state index in [1.54, 1.807) is 6.07 Å². The predicted molar refractivity (Wildman–Crippen MR) is 52.9 cm³/mol. The Kier molecular flexibility index (Phi) is 2.38. The van der Waals surface area contributed by atoms with Gasteiger partial charge in [-0.25, -0.2) is 4.39 Å². The van der Waals surface area contributed by atoms with E-state index in [2.05, 4.69) is 0 Å². The zero-order valence-electron chi connectivity index (χ0n) is 8.52. The molecule has 0 unspecified atom stereocenters. The molecule has 1 aliphatic carbocycles. The zero-order valence-corrected chi connectivity index (χ0v) is 8.52. The monoisotopic (exact) mass is 213 g/mol. The Balaban J connectivity index is 2.47. The average molecular weight is 213 g/mol. The van der Waals surface area contributed by atoms with E-state index in [0.29, 0.717) is 12.1 Å². The molecule has 1 aromatic carbocycles. The molecule has 15 heavy (non-hydrogen) atoms. The maximum Gasteiger partial charge on any atom is 0.200 e. The molecule has 0 aromatic heterocycles. The standard InChI is InChI=1S/C11H13F2NO/c1-15-8-3-2-7(9(12)10(8)13)11(6-14)4-5-11/h2-3H,4-6,14H2,1H3. The first-order chi connectivity index (χ1) is 7.14. The summed E-state index contributed by atoms with van der Waals surface area (Å²) in [7, 11) is 1.31. The topological polar surface area (TPSA) is 35.2 Å². The second kappa shape index (κ2) is 3.45. The molecule has 2 nitrogen and oxygen atoms in total. The van der Waals surface area contributed by atoms with Crippen molar-refractivity contribution in [3.05, 3.63) is 29.3 Å². The van der Waals surface area contributed by atoms with E-state index in [-0.39, 0.29) is 11.2 Å². The van der Waals surface area contributed by atoms with Gasteiger partial charge < -0.3 is 10.5 Å². The molecule has 0 bridgehead atoms. The van der Waals surface area contributed by atoms with Crippen molar-refractivity contribution in [3.8, 4) is 5.75 Å². The molecule has 0 aliphatic heterocycles. The van der Waals surface area contributed by atoms with E-state index in [1.807, 2.05) is 0 Å². The fourth-order valence-electron chi connectivity index (χ4n) is 1.83. The van der Waals surface area contributed by atoms with Gasteiger partial charge in [-0.2, -0.15) is 4.39 Å². The van der Waals surface area contributed by atoms with Crippen molar-refractivity contribution in [1.29, 1.82) is 0 Å². The molecule has 1 aliphatic rings. The molecule has 1 saturated carbocycles. The molecule has 1 fully saturated rings. The SMILES string of the molecule is COc1ccc(C2(CN)CC2)c(F)c1F. The lowest BCUT2D eigenvalue weighted by molar-refractivity contribution is 0.368. The third-order valence-electron chi connectivity index (χ3n) is 3.08. The average Bonchev–Trinajstić information content (AvgIpc) is 3.03. The van der Waals surface area contributed by atoms with E-state index in [4.69, 9.17) is 10.5 Å². The van der Waals surface area contributed by atoms with Gasteiger partial charge in [0.2, 0.25) is 5.82 Å². The van der Waals surface area contributed by atoms with E-state index in [9.17, 15) is 8.78 Å². The fraction of sp³-hybridized carbons (Fsp3) is 0.455. The zero-order chi connectivity index (χ0) is 11.1. The van der Waals surface area contributed by atoms with Crippen molar-refractivity contribution in [3.63, 3.8) is 0 Å². The van der Waals surface area contributed by atoms with Crippen molar-refractivity contribution < 1.29 is 13.5 Å². The highest BCUT2D eigenvalue weighted by Crippen LogP contribution is 2.48. The maximum atomic E-state index is 13.7. The number of benzene rings is 1. The van der Waals surface area contributed by atoms with Gasteiger partial charge in [0.1, 0.15) is 0 Å². The largest absolute Gasteiger partial charge is 0.494 e. The van der Waals surface area contributed by atoms with Gasteiger partial charge in [-0.3, -0.25) is 0 Å². The molecule has 0 spiro atoms. The van der Waals surface area contributed by atoms with Crippen molar-refractivity contribution in [1.82, 2.24) is 0 Å². The molecule has 0 heterocycles. The normalized spacial score (nSPS) is 17.6. The van der Waals surface area contributed by atoms with Crippen LogP contribution < -0.4 is 10.5 Å². The summed E-state index contributed by atoms with van der Waals surface area (Å²) in [6.45, 7) is 0.357. The number of halogens is 2. The summed E-state index contributed by atoms with van der Waals surface area (Å²) in [5.41, 5.74) is 5.61. The summed E-state index contributed by atoms with van der Waals surface area (Å²) >= 11 is 0. The quantitative estimate of drug-likeness (QED) is 0.833. The molecule has 82 valence electrons. The molecular formula is C11H13F2NO. The van der Waals surface area contributed by atoms with Crippen LogP contribution in [0, 0.1) is 11.6 Å². The first-order valence-corrected chi connectivity index (χ1v) is 4.87. The van der Waals surface area contributed by atoms with Crippen molar-refractivity contribution in [2.45, 2.75) is 18.3 Å². The summed E-state index contributed by atoms with van der Waals surface area (Å²) in [5.74, 6) is -1.81. The summed E-state index contributed by atoms with van der Waals surface area (Å²) in [5, 5.41) is 0. The van der Waals surface area contributed by atoms with Gasteiger partial charge >= 0.3 is 0 Å². The fourth-order valence-corrected chi connectivity index (χ4v) is 1.83. The van der Waals surface area contributed by atoms with Crippen LogP contribution >= 0.6 is 0 Å². The van der Waals surface area contributed by atoms with Gasteiger partial charge in [0.05, 0.1) is 7.11 Å². The molecular weight excluding hydrogens is 200 g/mol. The van der Waals surface area contributed by atoms with Gasteiger partial charge in [-0.15, -0.1) is 0 Å². The second-order valence-electron chi connectivity index (χ2n) is 3.93. The van der Waals surface area contributed by atoms with Crippen LogP contribution in [0.2, 0.25) is 0 Å². The van der Waals surface area contributed by atoms with Crippen LogP contribution in [0.5, 0.6) is 5.75 Å². The summed E-state index contributed by atoms with van der Waals surface area (Å²) in [4.78, 5) is 0. The van der Waals surface area contributed by atoms with E-state index in [0.717, 1.165) is 12.8 Å². The van der Waals surface area contributed by atoms with E-state index < -0.39 is 11.6 Å². The number of hydrogen-bond donors (Lipinski definition) is 1. The predicted octanol–water partition coefficient (Wildman–Crippen LogP) is 1.96. The molecule has 2 rings (SSSR count). The number of nitrogens with two attached hydrogens (primary N) is 1. The summed E-state index contributed by atoms with van der Waals surface area (Å²) in [6, 6.07) is 3.01. The molecule has 1 aromatic rings. The Morgan fingerprint density at radius 1 is 1.33 bits per heavy atom. The number of rotatable bonds is 3. The minimum Gasteiger partial charge on any atom is -0.494 e. The van der Waals surface area contributed by atoms with Gasteiger partial charge in [0.15, 0.2) is 11.6 Å². The van der Waals surface area contributed by atoms with Crippen molar-refractivity contribution >= 4 is 0 Å². The molecule has 0 saturated heterocycles. The van der Waals surface area contributed by atoms with Crippen LogP contribution in [0.1, 0.15) is 18.4 Å². The molecule has 0 atom stereocenters. The minimum absolute atomic E-state index is 0.0657. The number of methoxy groups -OCH3 is 1. The van der Waals surface area contributed by atoms with Gasteiger partial charge in [-0.05, 0) is 24.5 Å². The smallest absolute Gasteiger partial charge is 0.200 e. The molecule has 2 N–H and O–H groups in total. The molecule has 4 heteroatoms.